The van der Waals surface area contributed by atoms with Gasteiger partial charge in [-0.3, -0.25) is 0 Å². The lowest BCUT2D eigenvalue weighted by Crippen LogP contribution is -2.34. The van der Waals surface area contributed by atoms with Crippen LogP contribution in [-0.4, -0.2) is 49.3 Å². The molecule has 3 heteroatoms. The van der Waals surface area contributed by atoms with E-state index in [1.54, 1.807) is 0 Å². The Labute approximate surface area is 124 Å². The second kappa shape index (κ2) is 6.33. The van der Waals surface area contributed by atoms with Crippen LogP contribution in [0.15, 0.2) is 0 Å². The fourth-order valence-electron chi connectivity index (χ4n) is 3.95. The molecule has 0 aromatic carbocycles. The highest BCUT2D eigenvalue weighted by Gasteiger charge is 2.37. The van der Waals surface area contributed by atoms with Crippen LogP contribution < -0.4 is 5.32 Å². The van der Waals surface area contributed by atoms with Crippen molar-refractivity contribution in [1.82, 2.24) is 10.2 Å². The summed E-state index contributed by atoms with van der Waals surface area (Å²) in [4.78, 5) is 2.66. The Morgan fingerprint density at radius 2 is 1.85 bits per heavy atom. The number of hydrogen-bond donors (Lipinski definition) is 1. The van der Waals surface area contributed by atoms with Crippen molar-refractivity contribution in [3.63, 3.8) is 0 Å². The topological polar surface area (TPSA) is 24.5 Å². The third-order valence-electron chi connectivity index (χ3n) is 5.89. The Hall–Kier alpha value is -0.120. The Balaban J connectivity index is 1.38. The van der Waals surface area contributed by atoms with Gasteiger partial charge in [0.05, 0.1) is 12.2 Å². The van der Waals surface area contributed by atoms with E-state index in [0.29, 0.717) is 17.6 Å². The maximum absolute atomic E-state index is 6.23. The lowest BCUT2D eigenvalue weighted by atomic mass is 9.82. The lowest BCUT2D eigenvalue weighted by Gasteiger charge is -2.27. The number of likely N-dealkylation sites (tertiary alicyclic amines) is 1. The molecule has 0 aromatic rings. The molecule has 0 amide bonds. The second-order valence-corrected chi connectivity index (χ2v) is 7.33. The van der Waals surface area contributed by atoms with E-state index in [9.17, 15) is 0 Å². The minimum Gasteiger partial charge on any atom is -0.372 e. The van der Waals surface area contributed by atoms with Crippen molar-refractivity contribution < 1.29 is 4.74 Å². The van der Waals surface area contributed by atoms with Crippen molar-refractivity contribution in [3.05, 3.63) is 0 Å². The molecule has 1 N–H and O–H groups in total. The predicted octanol–water partition coefficient (Wildman–Crippen LogP) is 2.80. The van der Waals surface area contributed by atoms with Gasteiger partial charge in [-0.1, -0.05) is 13.8 Å². The van der Waals surface area contributed by atoms with Gasteiger partial charge in [0.25, 0.3) is 0 Å². The van der Waals surface area contributed by atoms with Gasteiger partial charge in [-0.2, -0.15) is 0 Å². The Morgan fingerprint density at radius 3 is 2.50 bits per heavy atom. The maximum atomic E-state index is 6.23. The normalized spacial score (nSPS) is 33.9. The Kier molecular flexibility index (Phi) is 4.68. The highest BCUT2D eigenvalue weighted by atomic mass is 16.5. The average Bonchev–Trinajstić information content (AvgIpc) is 3.05. The summed E-state index contributed by atoms with van der Waals surface area (Å²) >= 11 is 0. The van der Waals surface area contributed by atoms with Gasteiger partial charge in [0, 0.05) is 25.7 Å². The summed E-state index contributed by atoms with van der Waals surface area (Å²) in [6.45, 7) is 9.55. The van der Waals surface area contributed by atoms with Gasteiger partial charge < -0.3 is 15.0 Å². The summed E-state index contributed by atoms with van der Waals surface area (Å²) in [5.74, 6) is 0. The van der Waals surface area contributed by atoms with Crippen LogP contribution in [0.5, 0.6) is 0 Å². The van der Waals surface area contributed by atoms with Crippen LogP contribution in [0, 0.1) is 5.41 Å². The number of hydrogen-bond acceptors (Lipinski definition) is 3. The van der Waals surface area contributed by atoms with Crippen molar-refractivity contribution in [1.29, 1.82) is 0 Å². The van der Waals surface area contributed by atoms with Gasteiger partial charge in [0.2, 0.25) is 0 Å². The SMILES string of the molecule is CCC1(CC)CCN(CC2CCC(CNC3CC3)O2)C1. The largest absolute Gasteiger partial charge is 0.372 e. The summed E-state index contributed by atoms with van der Waals surface area (Å²) < 4.78 is 6.23. The molecule has 0 bridgehead atoms. The van der Waals surface area contributed by atoms with Crippen LogP contribution in [-0.2, 0) is 4.74 Å². The smallest absolute Gasteiger partial charge is 0.0707 e. The lowest BCUT2D eigenvalue weighted by molar-refractivity contribution is 0.0252. The van der Waals surface area contributed by atoms with Gasteiger partial charge in [-0.15, -0.1) is 0 Å². The number of ether oxygens (including phenoxy) is 1. The van der Waals surface area contributed by atoms with E-state index in [-0.39, 0.29) is 0 Å². The zero-order valence-electron chi connectivity index (χ0n) is 13.4. The van der Waals surface area contributed by atoms with Gasteiger partial charge in [0.15, 0.2) is 0 Å². The monoisotopic (exact) mass is 280 g/mol. The number of nitrogens with zero attached hydrogens (tertiary/aromatic N) is 1. The summed E-state index contributed by atoms with van der Waals surface area (Å²) in [6.07, 6.45) is 10.3. The van der Waals surface area contributed by atoms with Crippen molar-refractivity contribution in [3.8, 4) is 0 Å². The molecule has 0 aromatic heterocycles. The van der Waals surface area contributed by atoms with E-state index < -0.39 is 0 Å². The molecular weight excluding hydrogens is 248 g/mol. The third-order valence-corrected chi connectivity index (χ3v) is 5.89. The van der Waals surface area contributed by atoms with Gasteiger partial charge in [-0.05, 0) is 56.9 Å². The molecule has 2 aliphatic heterocycles. The van der Waals surface area contributed by atoms with Crippen molar-refractivity contribution in [2.45, 2.75) is 77.0 Å². The molecule has 2 heterocycles. The Bertz CT molecular complexity index is 312. The van der Waals surface area contributed by atoms with Crippen LogP contribution in [0.3, 0.4) is 0 Å². The molecule has 3 fully saturated rings. The highest BCUT2D eigenvalue weighted by Crippen LogP contribution is 2.37. The molecule has 1 aliphatic carbocycles. The van der Waals surface area contributed by atoms with E-state index in [0.717, 1.165) is 12.6 Å². The molecule has 0 radical (unpaired) electrons. The van der Waals surface area contributed by atoms with E-state index in [1.165, 1.54) is 64.6 Å². The van der Waals surface area contributed by atoms with E-state index in [4.69, 9.17) is 4.74 Å². The highest BCUT2D eigenvalue weighted by molar-refractivity contribution is 4.90. The van der Waals surface area contributed by atoms with Crippen LogP contribution in [0.1, 0.15) is 58.8 Å². The fraction of sp³-hybridized carbons (Fsp3) is 1.00. The van der Waals surface area contributed by atoms with Gasteiger partial charge in [0.1, 0.15) is 0 Å². The molecule has 116 valence electrons. The molecule has 3 nitrogen and oxygen atoms in total. The van der Waals surface area contributed by atoms with Gasteiger partial charge >= 0.3 is 0 Å². The predicted molar refractivity (Wildman–Crippen MR) is 83.0 cm³/mol. The standard InChI is InChI=1S/C17H32N2O/c1-3-17(4-2)9-10-19(13-17)12-16-8-7-15(20-16)11-18-14-5-6-14/h14-16,18H,3-13H2,1-2H3. The average molecular weight is 280 g/mol. The summed E-state index contributed by atoms with van der Waals surface area (Å²) in [5, 5.41) is 3.61. The van der Waals surface area contributed by atoms with Crippen molar-refractivity contribution in [2.75, 3.05) is 26.2 Å². The first kappa shape index (κ1) is 14.8. The molecule has 0 spiro atoms. The summed E-state index contributed by atoms with van der Waals surface area (Å²) in [7, 11) is 0. The van der Waals surface area contributed by atoms with Crippen molar-refractivity contribution in [2.24, 2.45) is 5.41 Å². The van der Waals surface area contributed by atoms with Gasteiger partial charge in [-0.25, -0.2) is 0 Å². The minimum atomic E-state index is 0.477. The van der Waals surface area contributed by atoms with E-state index in [1.807, 2.05) is 0 Å². The maximum Gasteiger partial charge on any atom is 0.0707 e. The molecule has 3 rings (SSSR count). The molecule has 20 heavy (non-hydrogen) atoms. The first-order valence-corrected chi connectivity index (χ1v) is 8.84. The van der Waals surface area contributed by atoms with Crippen LogP contribution in [0.25, 0.3) is 0 Å². The van der Waals surface area contributed by atoms with Crippen molar-refractivity contribution >= 4 is 0 Å². The molecular formula is C17H32N2O. The second-order valence-electron chi connectivity index (χ2n) is 7.33. The molecule has 3 aliphatic rings. The van der Waals surface area contributed by atoms with Crippen LogP contribution in [0.2, 0.25) is 0 Å². The third kappa shape index (κ3) is 3.55. The fourth-order valence-corrected chi connectivity index (χ4v) is 3.95. The van der Waals surface area contributed by atoms with E-state index >= 15 is 0 Å². The number of nitrogens with one attached hydrogen (secondary N) is 1. The zero-order valence-corrected chi connectivity index (χ0v) is 13.4. The molecule has 2 unspecified atom stereocenters. The molecule has 1 saturated carbocycles. The first-order valence-electron chi connectivity index (χ1n) is 8.84. The van der Waals surface area contributed by atoms with E-state index in [2.05, 4.69) is 24.1 Å². The van der Waals surface area contributed by atoms with Crippen LogP contribution in [0.4, 0.5) is 0 Å². The summed E-state index contributed by atoms with van der Waals surface area (Å²) in [6, 6.07) is 0.811. The Morgan fingerprint density at radius 1 is 1.10 bits per heavy atom. The molecule has 2 saturated heterocycles. The zero-order chi connectivity index (χ0) is 14.0. The molecule has 2 atom stereocenters. The minimum absolute atomic E-state index is 0.477. The number of rotatable bonds is 7. The van der Waals surface area contributed by atoms with Crippen LogP contribution >= 0.6 is 0 Å². The first-order chi connectivity index (χ1) is 9.73. The summed E-state index contributed by atoms with van der Waals surface area (Å²) in [5.41, 5.74) is 0.603. The quantitative estimate of drug-likeness (QED) is 0.776.